The van der Waals surface area contributed by atoms with Crippen LogP contribution < -0.4 is 15.8 Å². The highest BCUT2D eigenvalue weighted by Gasteiger charge is 2.42. The number of nitrogens with one attached hydrogen (secondary N) is 1. The lowest BCUT2D eigenvalue weighted by molar-refractivity contribution is -0.143. The van der Waals surface area contributed by atoms with Gasteiger partial charge in [-0.25, -0.2) is 9.69 Å². The summed E-state index contributed by atoms with van der Waals surface area (Å²) in [5.41, 5.74) is 5.79. The molecule has 0 unspecified atom stereocenters. The number of amides is 5. The van der Waals surface area contributed by atoms with Crippen LogP contribution in [0.5, 0.6) is 5.75 Å². The first-order chi connectivity index (χ1) is 10.9. The lowest BCUT2D eigenvalue weighted by Gasteiger charge is -2.13. The van der Waals surface area contributed by atoms with Crippen molar-refractivity contribution < 1.29 is 23.9 Å². The van der Waals surface area contributed by atoms with E-state index < -0.39 is 30.3 Å². The molecule has 1 aliphatic rings. The van der Waals surface area contributed by atoms with Gasteiger partial charge in [0.15, 0.2) is 0 Å². The van der Waals surface area contributed by atoms with Crippen molar-refractivity contribution >= 4 is 29.4 Å². The lowest BCUT2D eigenvalue weighted by atomic mass is 10.3. The molecule has 1 fully saturated rings. The first-order valence-electron chi connectivity index (χ1n) is 6.80. The Kier molecular flexibility index (Phi) is 4.91. The summed E-state index contributed by atoms with van der Waals surface area (Å²) in [6.07, 6.45) is 0. The van der Waals surface area contributed by atoms with Gasteiger partial charge in [0.05, 0.1) is 0 Å². The summed E-state index contributed by atoms with van der Waals surface area (Å²) in [7, 11) is 1.18. The zero-order valence-corrected chi connectivity index (χ0v) is 12.4. The predicted octanol–water partition coefficient (Wildman–Crippen LogP) is -0.617. The molecule has 2 rings (SSSR count). The van der Waals surface area contributed by atoms with E-state index in [-0.39, 0.29) is 0 Å². The Labute approximate surface area is 132 Å². The normalized spacial score (nSPS) is 14.4. The van der Waals surface area contributed by atoms with Crippen molar-refractivity contribution in [2.24, 2.45) is 5.73 Å². The summed E-state index contributed by atoms with van der Waals surface area (Å²) in [5.74, 6) is -1.96. The third-order valence-electron chi connectivity index (χ3n) is 3.08. The summed E-state index contributed by atoms with van der Waals surface area (Å²) in [4.78, 5) is 47.7. The number of nitrogens with zero attached hydrogens (tertiary/aromatic N) is 2. The largest absolute Gasteiger partial charge is 0.492 e. The highest BCUT2D eigenvalue weighted by Crippen LogP contribution is 2.16. The van der Waals surface area contributed by atoms with E-state index in [1.807, 2.05) is 0 Å². The molecule has 9 heteroatoms. The molecule has 0 bridgehead atoms. The number of rotatable bonds is 6. The second-order valence-corrected chi connectivity index (χ2v) is 4.75. The molecule has 122 valence electrons. The Bertz CT molecular complexity index is 643. The highest BCUT2D eigenvalue weighted by molar-refractivity contribution is 6.44. The predicted molar refractivity (Wildman–Crippen MR) is 79.5 cm³/mol. The van der Waals surface area contributed by atoms with Crippen molar-refractivity contribution in [3.63, 3.8) is 0 Å². The SMILES string of the molecule is CN1C(=O)C(=O)N(CC(=O)Nc2ccc(OCCN)cc2)C1=O. The van der Waals surface area contributed by atoms with Gasteiger partial charge in [-0.2, -0.15) is 0 Å². The molecule has 0 spiro atoms. The number of carbonyl (C=O) groups excluding carboxylic acids is 4. The highest BCUT2D eigenvalue weighted by atomic mass is 16.5. The van der Waals surface area contributed by atoms with Crippen LogP contribution in [0.4, 0.5) is 10.5 Å². The molecular formula is C14H16N4O5. The van der Waals surface area contributed by atoms with Gasteiger partial charge in [0, 0.05) is 19.3 Å². The van der Waals surface area contributed by atoms with Gasteiger partial charge in [-0.1, -0.05) is 0 Å². The minimum absolute atomic E-state index is 0.381. The monoisotopic (exact) mass is 320 g/mol. The van der Waals surface area contributed by atoms with Crippen molar-refractivity contribution in [1.29, 1.82) is 0 Å². The number of hydrogen-bond acceptors (Lipinski definition) is 6. The fourth-order valence-electron chi connectivity index (χ4n) is 1.91. The van der Waals surface area contributed by atoms with Crippen molar-refractivity contribution in [3.8, 4) is 5.75 Å². The zero-order valence-electron chi connectivity index (χ0n) is 12.4. The van der Waals surface area contributed by atoms with E-state index in [1.54, 1.807) is 24.3 Å². The van der Waals surface area contributed by atoms with E-state index in [0.717, 1.165) is 0 Å². The topological polar surface area (TPSA) is 122 Å². The Morgan fingerprint density at radius 3 is 2.35 bits per heavy atom. The fourth-order valence-corrected chi connectivity index (χ4v) is 1.91. The molecule has 23 heavy (non-hydrogen) atoms. The third kappa shape index (κ3) is 3.64. The van der Waals surface area contributed by atoms with Gasteiger partial charge < -0.3 is 15.8 Å². The fraction of sp³-hybridized carbons (Fsp3) is 0.286. The first-order valence-corrected chi connectivity index (χ1v) is 6.80. The number of nitrogens with two attached hydrogens (primary N) is 1. The van der Waals surface area contributed by atoms with Crippen molar-refractivity contribution in [2.75, 3.05) is 32.1 Å². The maximum absolute atomic E-state index is 11.9. The number of imide groups is 2. The maximum Gasteiger partial charge on any atom is 0.334 e. The smallest absolute Gasteiger partial charge is 0.334 e. The average molecular weight is 320 g/mol. The Morgan fingerprint density at radius 2 is 1.83 bits per heavy atom. The molecule has 5 amide bonds. The van der Waals surface area contributed by atoms with Crippen LogP contribution in [0.1, 0.15) is 0 Å². The van der Waals surface area contributed by atoms with Gasteiger partial charge in [-0.15, -0.1) is 0 Å². The molecular weight excluding hydrogens is 304 g/mol. The quantitative estimate of drug-likeness (QED) is 0.532. The van der Waals surface area contributed by atoms with Crippen LogP contribution in [-0.4, -0.2) is 60.3 Å². The molecule has 0 saturated carbocycles. The molecule has 1 aliphatic heterocycles. The number of urea groups is 1. The van der Waals surface area contributed by atoms with Crippen LogP contribution in [0.2, 0.25) is 0 Å². The van der Waals surface area contributed by atoms with Crippen molar-refractivity contribution in [2.45, 2.75) is 0 Å². The Morgan fingerprint density at radius 1 is 1.17 bits per heavy atom. The molecule has 1 aromatic carbocycles. The van der Waals surface area contributed by atoms with Crippen LogP contribution in [0.15, 0.2) is 24.3 Å². The van der Waals surface area contributed by atoms with Gasteiger partial charge in [0.1, 0.15) is 18.9 Å². The molecule has 0 atom stereocenters. The average Bonchev–Trinajstić information content (AvgIpc) is 2.72. The van der Waals surface area contributed by atoms with Crippen molar-refractivity contribution in [1.82, 2.24) is 9.80 Å². The number of hydrogen-bond donors (Lipinski definition) is 2. The zero-order chi connectivity index (χ0) is 17.0. The lowest BCUT2D eigenvalue weighted by Crippen LogP contribution is -2.38. The summed E-state index contributed by atoms with van der Waals surface area (Å²) in [5, 5.41) is 2.53. The standard InChI is InChI=1S/C14H16N4O5/c1-17-12(20)13(21)18(14(17)22)8-11(19)16-9-2-4-10(5-3-9)23-7-6-15/h2-5H,6-8,15H2,1H3,(H,16,19). The summed E-state index contributed by atoms with van der Waals surface area (Å²) in [6, 6.07) is 5.69. The molecule has 3 N–H and O–H groups in total. The van der Waals surface area contributed by atoms with Crippen LogP contribution in [0, 0.1) is 0 Å². The first kappa shape index (κ1) is 16.4. The molecule has 9 nitrogen and oxygen atoms in total. The summed E-state index contributed by atoms with van der Waals surface area (Å²) in [6.45, 7) is 0.245. The van der Waals surface area contributed by atoms with Crippen LogP contribution >= 0.6 is 0 Å². The van der Waals surface area contributed by atoms with Gasteiger partial charge in [-0.3, -0.25) is 19.3 Å². The van der Waals surface area contributed by atoms with Crippen LogP contribution in [0.3, 0.4) is 0 Å². The third-order valence-corrected chi connectivity index (χ3v) is 3.08. The van der Waals surface area contributed by atoms with Gasteiger partial charge in [0.25, 0.3) is 0 Å². The van der Waals surface area contributed by atoms with E-state index in [1.165, 1.54) is 7.05 Å². The van der Waals surface area contributed by atoms with Gasteiger partial charge in [-0.05, 0) is 24.3 Å². The van der Waals surface area contributed by atoms with E-state index in [2.05, 4.69) is 5.32 Å². The van der Waals surface area contributed by atoms with E-state index in [4.69, 9.17) is 10.5 Å². The Balaban J connectivity index is 1.93. The number of anilines is 1. The minimum atomic E-state index is -1.02. The second-order valence-electron chi connectivity index (χ2n) is 4.75. The van der Waals surface area contributed by atoms with E-state index in [0.29, 0.717) is 34.4 Å². The summed E-state index contributed by atoms with van der Waals surface area (Å²) < 4.78 is 5.30. The molecule has 0 radical (unpaired) electrons. The van der Waals surface area contributed by atoms with Gasteiger partial charge in [0.2, 0.25) is 5.91 Å². The maximum atomic E-state index is 11.9. The molecule has 1 aromatic rings. The van der Waals surface area contributed by atoms with Gasteiger partial charge >= 0.3 is 17.8 Å². The molecule has 1 heterocycles. The number of benzene rings is 1. The van der Waals surface area contributed by atoms with Crippen LogP contribution in [0.25, 0.3) is 0 Å². The van der Waals surface area contributed by atoms with E-state index >= 15 is 0 Å². The Hall–Kier alpha value is -2.94. The number of likely N-dealkylation sites (N-methyl/N-ethyl adjacent to an activating group) is 1. The minimum Gasteiger partial charge on any atom is -0.492 e. The number of carbonyl (C=O) groups is 4. The molecule has 1 saturated heterocycles. The molecule has 0 aliphatic carbocycles. The van der Waals surface area contributed by atoms with Crippen molar-refractivity contribution in [3.05, 3.63) is 24.3 Å². The summed E-state index contributed by atoms with van der Waals surface area (Å²) >= 11 is 0. The number of ether oxygens (including phenoxy) is 1. The second kappa shape index (κ2) is 6.88. The van der Waals surface area contributed by atoms with Crippen LogP contribution in [-0.2, 0) is 14.4 Å². The molecule has 0 aromatic heterocycles. The van der Waals surface area contributed by atoms with E-state index in [9.17, 15) is 19.2 Å².